The van der Waals surface area contributed by atoms with Gasteiger partial charge >= 0.3 is 11.9 Å². The molecular weight excluding hydrogens is 524 g/mol. The average molecular weight is 551 g/mol. The normalized spacial score (nSPS) is 15.1. The van der Waals surface area contributed by atoms with Crippen LogP contribution in [0.25, 0.3) is 16.7 Å². The van der Waals surface area contributed by atoms with Gasteiger partial charge in [-0.05, 0) is 54.4 Å². The fourth-order valence-electron chi connectivity index (χ4n) is 4.89. The van der Waals surface area contributed by atoms with E-state index in [4.69, 9.17) is 19.9 Å². The maximum absolute atomic E-state index is 13.4. The van der Waals surface area contributed by atoms with E-state index in [9.17, 15) is 14.9 Å². The summed E-state index contributed by atoms with van der Waals surface area (Å²) >= 11 is 0. The molecule has 5 rings (SSSR count). The monoisotopic (exact) mass is 550 g/mol. The summed E-state index contributed by atoms with van der Waals surface area (Å²) in [7, 11) is 4.00. The Morgan fingerprint density at radius 2 is 1.56 bits per heavy atom. The molecule has 41 heavy (non-hydrogen) atoms. The number of rotatable bonds is 6. The number of hydrogen-bond donors (Lipinski definition) is 1. The van der Waals surface area contributed by atoms with Crippen LogP contribution in [0.1, 0.15) is 17.0 Å². The molecule has 1 aliphatic heterocycles. The van der Waals surface area contributed by atoms with Gasteiger partial charge < -0.3 is 19.9 Å². The third-order valence-corrected chi connectivity index (χ3v) is 6.85. The molecule has 0 saturated heterocycles. The number of allylic oxidation sites excluding steroid dienone is 1. The number of anilines is 1. The van der Waals surface area contributed by atoms with Gasteiger partial charge in [0, 0.05) is 0 Å². The highest BCUT2D eigenvalue weighted by Crippen LogP contribution is 2.44. The molecule has 0 amide bonds. The van der Waals surface area contributed by atoms with Gasteiger partial charge in [-0.3, -0.25) is 4.90 Å². The Bertz CT molecular complexity index is 1770. The highest BCUT2D eigenvalue weighted by Gasteiger charge is 2.43. The summed E-state index contributed by atoms with van der Waals surface area (Å²) in [5.41, 5.74) is 9.93. The summed E-state index contributed by atoms with van der Waals surface area (Å²) in [6.45, 7) is 1.80. The fraction of sp³-hybridized carbons (Fsp3) is 0.167. The van der Waals surface area contributed by atoms with E-state index in [-0.39, 0.29) is 22.7 Å². The second kappa shape index (κ2) is 10.9. The third kappa shape index (κ3) is 4.61. The van der Waals surface area contributed by atoms with Gasteiger partial charge in [-0.1, -0.05) is 30.3 Å². The molecule has 206 valence electrons. The van der Waals surface area contributed by atoms with E-state index in [0.29, 0.717) is 39.3 Å². The predicted octanol–water partition coefficient (Wildman–Crippen LogP) is 3.64. The maximum Gasteiger partial charge on any atom is 0.355 e. The van der Waals surface area contributed by atoms with Gasteiger partial charge in [-0.25, -0.2) is 9.59 Å². The Morgan fingerprint density at radius 3 is 2.15 bits per heavy atom. The Kier molecular flexibility index (Phi) is 7.14. The number of benzene rings is 3. The van der Waals surface area contributed by atoms with Crippen molar-refractivity contribution in [3.05, 3.63) is 101 Å². The molecule has 0 bridgehead atoms. The van der Waals surface area contributed by atoms with Crippen LogP contribution in [-0.2, 0) is 19.1 Å². The minimum atomic E-state index is -0.959. The number of carbonyl (C=O) groups excluding carboxylic acids is 2. The van der Waals surface area contributed by atoms with Crippen LogP contribution < -0.4 is 15.4 Å². The third-order valence-electron chi connectivity index (χ3n) is 6.85. The van der Waals surface area contributed by atoms with Gasteiger partial charge in [-0.15, -0.1) is 10.2 Å². The molecule has 2 heterocycles. The van der Waals surface area contributed by atoms with Gasteiger partial charge in [-0.2, -0.15) is 10.1 Å². The van der Waals surface area contributed by atoms with Crippen molar-refractivity contribution in [1.82, 2.24) is 15.0 Å². The zero-order valence-electron chi connectivity index (χ0n) is 22.8. The highest BCUT2D eigenvalue weighted by molar-refractivity contribution is 6.07. The zero-order valence-corrected chi connectivity index (χ0v) is 22.8. The van der Waals surface area contributed by atoms with Crippen molar-refractivity contribution in [3.8, 4) is 17.5 Å². The highest BCUT2D eigenvalue weighted by atomic mass is 16.5. The van der Waals surface area contributed by atoms with Crippen molar-refractivity contribution in [2.45, 2.75) is 12.8 Å². The van der Waals surface area contributed by atoms with E-state index in [1.54, 1.807) is 68.6 Å². The van der Waals surface area contributed by atoms with E-state index in [2.05, 4.69) is 16.3 Å². The summed E-state index contributed by atoms with van der Waals surface area (Å²) in [6.07, 6.45) is 0. The molecule has 1 unspecified atom stereocenters. The lowest BCUT2D eigenvalue weighted by molar-refractivity contribution is -0.139. The van der Waals surface area contributed by atoms with Crippen LogP contribution in [0.3, 0.4) is 0 Å². The first-order valence-electron chi connectivity index (χ1n) is 12.5. The van der Waals surface area contributed by atoms with Gasteiger partial charge in [0.25, 0.3) is 0 Å². The number of nitrogens with zero attached hydrogens (tertiary/aromatic N) is 5. The molecule has 2 N–H and O–H groups in total. The maximum atomic E-state index is 13.4. The lowest BCUT2D eigenvalue weighted by Gasteiger charge is -2.36. The van der Waals surface area contributed by atoms with E-state index >= 15 is 0 Å². The Labute approximate surface area is 235 Å². The predicted molar refractivity (Wildman–Crippen MR) is 150 cm³/mol. The summed E-state index contributed by atoms with van der Waals surface area (Å²) in [4.78, 5) is 29.5. The van der Waals surface area contributed by atoms with E-state index in [1.165, 1.54) is 23.9 Å². The van der Waals surface area contributed by atoms with Crippen molar-refractivity contribution in [2.24, 2.45) is 5.73 Å². The average Bonchev–Trinajstić information content (AvgIpc) is 3.42. The van der Waals surface area contributed by atoms with Crippen LogP contribution in [0.4, 0.5) is 5.69 Å². The van der Waals surface area contributed by atoms with Crippen molar-refractivity contribution in [2.75, 3.05) is 26.2 Å². The summed E-state index contributed by atoms with van der Waals surface area (Å²) in [5.74, 6) is -1.92. The first-order valence-corrected chi connectivity index (χ1v) is 12.5. The Hall–Kier alpha value is -5.63. The molecule has 3 aromatic carbocycles. The van der Waals surface area contributed by atoms with Crippen molar-refractivity contribution >= 4 is 28.7 Å². The van der Waals surface area contributed by atoms with E-state index in [1.807, 2.05) is 12.1 Å². The second-order valence-electron chi connectivity index (χ2n) is 9.15. The van der Waals surface area contributed by atoms with Crippen LogP contribution >= 0.6 is 0 Å². The number of aryl methyl sites for hydroxylation is 1. The summed E-state index contributed by atoms with van der Waals surface area (Å²) in [5, 5.41) is 19.5. The number of carbonyl (C=O) groups is 2. The molecule has 1 aliphatic rings. The largest absolute Gasteiger partial charge is 0.497 e. The number of methoxy groups -OCH3 is 3. The van der Waals surface area contributed by atoms with Gasteiger partial charge in [0.2, 0.25) is 0 Å². The molecule has 4 aromatic rings. The van der Waals surface area contributed by atoms with Crippen LogP contribution in [0.2, 0.25) is 0 Å². The number of aromatic nitrogens is 3. The quantitative estimate of drug-likeness (QED) is 0.353. The van der Waals surface area contributed by atoms with Crippen molar-refractivity contribution < 1.29 is 23.8 Å². The van der Waals surface area contributed by atoms with Crippen LogP contribution in [0.15, 0.2) is 89.4 Å². The van der Waals surface area contributed by atoms with Gasteiger partial charge in [0.05, 0.1) is 55.8 Å². The molecule has 0 spiro atoms. The molecule has 1 atom stereocenters. The zero-order chi connectivity index (χ0) is 29.3. The standard InChI is InChI=1S/C30H26N6O5/c1-17-14-22-23(34-36(33-22)19-10-12-20(39-2)13-11-19)15-24(17)35-27(30(38)41-4)26(29(37)40-3)25(21(16-31)28(35)32)18-8-6-5-7-9-18/h5-15,25H,32H2,1-4H3. The van der Waals surface area contributed by atoms with Crippen LogP contribution in [0, 0.1) is 18.3 Å². The molecule has 11 nitrogen and oxygen atoms in total. The molecule has 0 radical (unpaired) electrons. The van der Waals surface area contributed by atoms with Gasteiger partial charge in [0.1, 0.15) is 28.3 Å². The smallest absolute Gasteiger partial charge is 0.355 e. The lowest BCUT2D eigenvalue weighted by atomic mass is 9.80. The summed E-state index contributed by atoms with van der Waals surface area (Å²) < 4.78 is 15.5. The van der Waals surface area contributed by atoms with Crippen LogP contribution in [-0.4, -0.2) is 48.3 Å². The van der Waals surface area contributed by atoms with Crippen molar-refractivity contribution in [3.63, 3.8) is 0 Å². The number of esters is 2. The molecular formula is C30H26N6O5. The molecule has 1 aromatic heterocycles. The fourth-order valence-corrected chi connectivity index (χ4v) is 4.89. The molecule has 11 heteroatoms. The number of nitriles is 1. The molecule has 0 saturated carbocycles. The molecule has 0 fully saturated rings. The minimum absolute atomic E-state index is 0.0283. The van der Waals surface area contributed by atoms with Crippen molar-refractivity contribution in [1.29, 1.82) is 5.26 Å². The summed E-state index contributed by atoms with van der Waals surface area (Å²) in [6, 6.07) is 21.7. The Balaban J connectivity index is 1.75. The first-order chi connectivity index (χ1) is 19.8. The van der Waals surface area contributed by atoms with E-state index in [0.717, 1.165) is 0 Å². The topological polar surface area (TPSA) is 146 Å². The number of fused-ring (bicyclic) bond motifs is 1. The lowest BCUT2D eigenvalue weighted by Crippen LogP contribution is -2.41. The van der Waals surface area contributed by atoms with E-state index < -0.39 is 17.9 Å². The molecule has 0 aliphatic carbocycles. The number of nitrogens with two attached hydrogens (primary N) is 1. The number of ether oxygens (including phenoxy) is 3. The SMILES string of the molecule is COC(=O)C1=C(C(=O)OC)N(c2cc3nn(-c4ccc(OC)cc4)nc3cc2C)C(N)=C(C#N)C1c1ccccc1. The Morgan fingerprint density at radius 1 is 0.927 bits per heavy atom. The van der Waals surface area contributed by atoms with Crippen LogP contribution in [0.5, 0.6) is 5.75 Å². The second-order valence-corrected chi connectivity index (χ2v) is 9.15. The first kappa shape index (κ1) is 27.0. The van der Waals surface area contributed by atoms with Gasteiger partial charge in [0.15, 0.2) is 0 Å². The minimum Gasteiger partial charge on any atom is -0.497 e. The number of hydrogen-bond acceptors (Lipinski definition) is 10.